The first-order valence-corrected chi connectivity index (χ1v) is 31.6. The van der Waals surface area contributed by atoms with Crippen molar-refractivity contribution in [2.45, 2.75) is 352 Å². The monoisotopic (exact) mass is 1050 g/mol. The number of nitrogens with one attached hydrogen (secondary N) is 1. The number of hydrogen-bond donors (Lipinski definition) is 6. The molecule has 1 saturated heterocycles. The summed E-state index contributed by atoms with van der Waals surface area (Å²) in [6.07, 6.45) is 49.3. The van der Waals surface area contributed by atoms with Crippen LogP contribution in [0.1, 0.15) is 303 Å². The minimum Gasteiger partial charge on any atom is -0.454 e. The van der Waals surface area contributed by atoms with Crippen LogP contribution in [0.3, 0.4) is 0 Å². The van der Waals surface area contributed by atoms with Crippen molar-refractivity contribution in [1.82, 2.24) is 5.32 Å². The fourth-order valence-corrected chi connectivity index (χ4v) is 10.1. The Hall–Kier alpha value is -1.86. The van der Waals surface area contributed by atoms with Gasteiger partial charge >= 0.3 is 5.97 Å². The quantitative estimate of drug-likeness (QED) is 0.0195. The third kappa shape index (κ3) is 39.5. The van der Waals surface area contributed by atoms with E-state index in [0.29, 0.717) is 12.8 Å². The SMILES string of the molecule is CCCCCCCCC/C=C\CCCCC(O)C(=O)NC(COC1OC(CO)C(O)C(O)C1OC(=O)CCCCCCCCCCCCCCCCCCCCC)C(O)/C=C/CCCCCCCCCCCCC. The second-order valence-corrected chi connectivity index (χ2v) is 22.1. The van der Waals surface area contributed by atoms with Gasteiger partial charge in [0.2, 0.25) is 5.91 Å². The van der Waals surface area contributed by atoms with Crippen molar-refractivity contribution in [3.05, 3.63) is 24.3 Å². The van der Waals surface area contributed by atoms with E-state index < -0.39 is 67.4 Å². The number of allylic oxidation sites excluding steroid dienone is 3. The molecule has 0 saturated carbocycles. The summed E-state index contributed by atoms with van der Waals surface area (Å²) in [5, 5.41) is 56.9. The van der Waals surface area contributed by atoms with E-state index in [1.807, 2.05) is 6.08 Å². The predicted molar refractivity (Wildman–Crippen MR) is 306 cm³/mol. The Kier molecular flexibility index (Phi) is 49.2. The van der Waals surface area contributed by atoms with E-state index >= 15 is 0 Å². The molecule has 1 fully saturated rings. The lowest BCUT2D eigenvalue weighted by Gasteiger charge is -2.41. The van der Waals surface area contributed by atoms with Gasteiger partial charge in [-0.05, 0) is 51.4 Å². The molecule has 0 aromatic rings. The van der Waals surface area contributed by atoms with E-state index in [1.54, 1.807) is 6.08 Å². The molecule has 1 heterocycles. The summed E-state index contributed by atoms with van der Waals surface area (Å²) in [6, 6.07) is -1.03. The van der Waals surface area contributed by atoms with Gasteiger partial charge in [-0.3, -0.25) is 9.59 Å². The van der Waals surface area contributed by atoms with Gasteiger partial charge in [-0.25, -0.2) is 0 Å². The first kappa shape index (κ1) is 70.2. The maximum Gasteiger partial charge on any atom is 0.306 e. The summed E-state index contributed by atoms with van der Waals surface area (Å²) < 4.78 is 17.6. The third-order valence-electron chi connectivity index (χ3n) is 15.1. The molecule has 11 heteroatoms. The molecule has 0 spiro atoms. The number of aliphatic hydroxyl groups is 5. The second-order valence-electron chi connectivity index (χ2n) is 22.1. The summed E-state index contributed by atoms with van der Waals surface area (Å²) in [7, 11) is 0. The van der Waals surface area contributed by atoms with Crippen molar-refractivity contribution in [2.24, 2.45) is 0 Å². The number of carbonyl (C=O) groups is 2. The minimum atomic E-state index is -1.61. The molecule has 436 valence electrons. The molecule has 0 aliphatic carbocycles. The van der Waals surface area contributed by atoms with Crippen molar-refractivity contribution in [3.63, 3.8) is 0 Å². The van der Waals surface area contributed by atoms with E-state index in [4.69, 9.17) is 14.2 Å². The third-order valence-corrected chi connectivity index (χ3v) is 15.1. The van der Waals surface area contributed by atoms with Crippen molar-refractivity contribution in [1.29, 1.82) is 0 Å². The number of unbranched alkanes of at least 4 members (excludes halogenated alkanes) is 38. The highest BCUT2D eigenvalue weighted by atomic mass is 16.7. The highest BCUT2D eigenvalue weighted by Gasteiger charge is 2.47. The second kappa shape index (κ2) is 51.9. The molecule has 0 aromatic heterocycles. The average Bonchev–Trinajstić information content (AvgIpc) is 3.40. The maximum absolute atomic E-state index is 13.4. The van der Waals surface area contributed by atoms with Gasteiger partial charge in [0.1, 0.15) is 24.4 Å². The Balaban J connectivity index is 2.67. The van der Waals surface area contributed by atoms with Crippen molar-refractivity contribution >= 4 is 11.9 Å². The zero-order valence-electron chi connectivity index (χ0n) is 48.2. The smallest absolute Gasteiger partial charge is 0.306 e. The van der Waals surface area contributed by atoms with Crippen LogP contribution in [0.5, 0.6) is 0 Å². The first-order chi connectivity index (χ1) is 36.2. The summed E-state index contributed by atoms with van der Waals surface area (Å²) in [4.78, 5) is 26.5. The van der Waals surface area contributed by atoms with Crippen LogP contribution in [0.15, 0.2) is 24.3 Å². The Morgan fingerprint density at radius 3 is 1.31 bits per heavy atom. The van der Waals surface area contributed by atoms with E-state index in [2.05, 4.69) is 38.2 Å². The van der Waals surface area contributed by atoms with Gasteiger partial charge in [-0.1, -0.05) is 270 Å². The molecule has 0 radical (unpaired) electrons. The Labute approximate surface area is 454 Å². The number of rotatable bonds is 54. The first-order valence-electron chi connectivity index (χ1n) is 31.6. The molecule has 1 aliphatic heterocycles. The van der Waals surface area contributed by atoms with Gasteiger partial charge in [0.25, 0.3) is 0 Å². The number of esters is 1. The number of carbonyl (C=O) groups excluding carboxylic acids is 2. The van der Waals surface area contributed by atoms with E-state index in [-0.39, 0.29) is 19.4 Å². The van der Waals surface area contributed by atoms with Crippen LogP contribution in [-0.2, 0) is 23.8 Å². The van der Waals surface area contributed by atoms with Crippen molar-refractivity contribution < 1.29 is 49.3 Å². The van der Waals surface area contributed by atoms with Crippen LogP contribution in [0.4, 0.5) is 0 Å². The van der Waals surface area contributed by atoms with Gasteiger partial charge in [0.15, 0.2) is 12.4 Å². The van der Waals surface area contributed by atoms with E-state index in [9.17, 15) is 35.1 Å². The lowest BCUT2D eigenvalue weighted by atomic mass is 9.99. The number of ether oxygens (including phenoxy) is 3. The molecule has 0 aromatic carbocycles. The topological polar surface area (TPSA) is 175 Å². The number of amides is 1. The largest absolute Gasteiger partial charge is 0.454 e. The predicted octanol–water partition coefficient (Wildman–Crippen LogP) is 14.9. The molecule has 8 unspecified atom stereocenters. The van der Waals surface area contributed by atoms with Crippen LogP contribution in [0, 0.1) is 0 Å². The fourth-order valence-electron chi connectivity index (χ4n) is 10.1. The van der Waals surface area contributed by atoms with E-state index in [1.165, 1.54) is 199 Å². The average molecular weight is 1050 g/mol. The van der Waals surface area contributed by atoms with Crippen LogP contribution in [0.2, 0.25) is 0 Å². The summed E-state index contributed by atoms with van der Waals surface area (Å²) in [5.41, 5.74) is 0. The molecule has 0 bridgehead atoms. The van der Waals surface area contributed by atoms with Crippen LogP contribution in [-0.4, -0.2) is 99.6 Å². The lowest BCUT2D eigenvalue weighted by Crippen LogP contribution is -2.61. The normalized spacial score (nSPS) is 19.4. The Bertz CT molecular complexity index is 1300. The number of hydrogen-bond acceptors (Lipinski definition) is 10. The zero-order valence-corrected chi connectivity index (χ0v) is 48.2. The number of aliphatic hydroxyl groups excluding tert-OH is 5. The summed E-state index contributed by atoms with van der Waals surface area (Å²) >= 11 is 0. The maximum atomic E-state index is 13.4. The molecule has 6 N–H and O–H groups in total. The van der Waals surface area contributed by atoms with Gasteiger partial charge in [0, 0.05) is 6.42 Å². The molecule has 11 nitrogen and oxygen atoms in total. The van der Waals surface area contributed by atoms with E-state index in [0.717, 1.165) is 57.8 Å². The molecule has 74 heavy (non-hydrogen) atoms. The zero-order chi connectivity index (χ0) is 54.0. The molecule has 1 rings (SSSR count). The van der Waals surface area contributed by atoms with Crippen LogP contribution in [0.25, 0.3) is 0 Å². The molecule has 1 amide bonds. The fraction of sp³-hybridized carbons (Fsp3) is 0.905. The standard InChI is InChI=1S/C63H119NO10/c1-4-7-10-13-16-19-22-25-26-27-28-29-30-33-36-39-42-45-48-51-58(68)74-61-60(70)59(69)57(52-65)73-63(61)72-53-54(55(66)49-46-43-40-37-34-31-23-20-17-14-11-8-5-2)64-62(71)56(67)50-47-44-41-38-35-32-24-21-18-15-12-9-6-3/h35,38,46,49,54-57,59-61,63,65-67,69-70H,4-34,36-37,39-45,47-48,50-53H2,1-3H3,(H,64,71)/b38-35-,49-46+. The van der Waals surface area contributed by atoms with Crippen LogP contribution < -0.4 is 5.32 Å². The van der Waals surface area contributed by atoms with Gasteiger partial charge in [0.05, 0.1) is 25.4 Å². The van der Waals surface area contributed by atoms with Crippen LogP contribution >= 0.6 is 0 Å². The van der Waals surface area contributed by atoms with Crippen molar-refractivity contribution in [3.8, 4) is 0 Å². The van der Waals surface area contributed by atoms with Gasteiger partial charge < -0.3 is 45.1 Å². The Morgan fingerprint density at radius 2 is 0.892 bits per heavy atom. The molecule has 8 atom stereocenters. The summed E-state index contributed by atoms with van der Waals surface area (Å²) in [6.45, 7) is 5.80. The minimum absolute atomic E-state index is 0.128. The van der Waals surface area contributed by atoms with Crippen molar-refractivity contribution in [2.75, 3.05) is 13.2 Å². The molecular weight excluding hydrogens is 931 g/mol. The van der Waals surface area contributed by atoms with Gasteiger partial charge in [-0.15, -0.1) is 0 Å². The highest BCUT2D eigenvalue weighted by Crippen LogP contribution is 2.26. The summed E-state index contributed by atoms with van der Waals surface area (Å²) in [5.74, 6) is -1.20. The Morgan fingerprint density at radius 1 is 0.514 bits per heavy atom. The lowest BCUT2D eigenvalue weighted by molar-refractivity contribution is -0.305. The molecular formula is C63H119NO10. The van der Waals surface area contributed by atoms with Gasteiger partial charge in [-0.2, -0.15) is 0 Å². The molecule has 1 aliphatic rings. The highest BCUT2D eigenvalue weighted by molar-refractivity contribution is 5.80.